The van der Waals surface area contributed by atoms with Gasteiger partial charge in [-0.15, -0.1) is 0 Å². The number of aliphatic hydroxyl groups is 1. The first-order chi connectivity index (χ1) is 7.19. The minimum absolute atomic E-state index is 0.0432. The molecule has 0 saturated carbocycles. The SMILES string of the molecule is CC(C)(C)COCC(C)(C)C(=O)OCCO. The van der Waals surface area contributed by atoms with E-state index in [4.69, 9.17) is 14.6 Å². The third-order valence-corrected chi connectivity index (χ3v) is 1.88. The molecule has 0 aromatic heterocycles. The van der Waals surface area contributed by atoms with Crippen LogP contribution in [0.5, 0.6) is 0 Å². The standard InChI is InChI=1S/C12H24O4/c1-11(2,3)8-15-9-12(4,5)10(14)16-7-6-13/h13H,6-9H2,1-5H3. The maximum atomic E-state index is 11.6. The van der Waals surface area contributed by atoms with E-state index >= 15 is 0 Å². The van der Waals surface area contributed by atoms with E-state index in [2.05, 4.69) is 20.8 Å². The summed E-state index contributed by atoms with van der Waals surface area (Å²) in [4.78, 5) is 11.6. The first-order valence-corrected chi connectivity index (χ1v) is 5.55. The Kier molecular flexibility index (Phi) is 5.97. The number of hydrogen-bond donors (Lipinski definition) is 1. The Morgan fingerprint density at radius 1 is 1.12 bits per heavy atom. The van der Waals surface area contributed by atoms with E-state index in [-0.39, 0.29) is 24.6 Å². The van der Waals surface area contributed by atoms with Gasteiger partial charge in [0.05, 0.1) is 25.2 Å². The van der Waals surface area contributed by atoms with Crippen molar-refractivity contribution in [3.8, 4) is 0 Å². The molecule has 0 heterocycles. The van der Waals surface area contributed by atoms with E-state index < -0.39 is 5.41 Å². The Morgan fingerprint density at radius 3 is 2.12 bits per heavy atom. The lowest BCUT2D eigenvalue weighted by Crippen LogP contribution is -2.33. The van der Waals surface area contributed by atoms with Crippen molar-refractivity contribution < 1.29 is 19.4 Å². The van der Waals surface area contributed by atoms with Crippen LogP contribution in [0, 0.1) is 10.8 Å². The van der Waals surface area contributed by atoms with Crippen molar-refractivity contribution in [3.05, 3.63) is 0 Å². The van der Waals surface area contributed by atoms with Crippen LogP contribution in [0.25, 0.3) is 0 Å². The molecule has 0 saturated heterocycles. The maximum absolute atomic E-state index is 11.6. The van der Waals surface area contributed by atoms with Crippen LogP contribution in [0.2, 0.25) is 0 Å². The number of rotatable bonds is 6. The molecule has 4 heteroatoms. The van der Waals surface area contributed by atoms with E-state index in [9.17, 15) is 4.79 Å². The number of aliphatic hydroxyl groups excluding tert-OH is 1. The fourth-order valence-electron chi connectivity index (χ4n) is 1.01. The Bertz CT molecular complexity index is 216. The number of carbonyl (C=O) groups is 1. The lowest BCUT2D eigenvalue weighted by atomic mass is 9.94. The normalized spacial score (nSPS) is 12.6. The molecule has 0 aliphatic rings. The topological polar surface area (TPSA) is 55.8 Å². The van der Waals surface area contributed by atoms with Gasteiger partial charge in [-0.05, 0) is 19.3 Å². The van der Waals surface area contributed by atoms with Gasteiger partial charge in [0.25, 0.3) is 0 Å². The Hall–Kier alpha value is -0.610. The molecule has 0 aromatic rings. The zero-order valence-electron chi connectivity index (χ0n) is 11.0. The minimum Gasteiger partial charge on any atom is -0.463 e. The molecular formula is C12H24O4. The molecule has 0 bridgehead atoms. The van der Waals surface area contributed by atoms with Gasteiger partial charge in [-0.25, -0.2) is 0 Å². The lowest BCUT2D eigenvalue weighted by molar-refractivity contribution is -0.159. The second-order valence-corrected chi connectivity index (χ2v) is 5.80. The van der Waals surface area contributed by atoms with Crippen LogP contribution >= 0.6 is 0 Å². The third-order valence-electron chi connectivity index (χ3n) is 1.88. The lowest BCUT2D eigenvalue weighted by Gasteiger charge is -2.25. The molecule has 0 spiro atoms. The summed E-state index contributed by atoms with van der Waals surface area (Å²) in [6, 6.07) is 0. The van der Waals surface area contributed by atoms with Crippen molar-refractivity contribution in [2.45, 2.75) is 34.6 Å². The second-order valence-electron chi connectivity index (χ2n) is 5.80. The maximum Gasteiger partial charge on any atom is 0.313 e. The van der Waals surface area contributed by atoms with Gasteiger partial charge in [-0.3, -0.25) is 4.79 Å². The third kappa shape index (κ3) is 6.80. The fourth-order valence-corrected chi connectivity index (χ4v) is 1.01. The molecule has 0 aromatic carbocycles. The van der Waals surface area contributed by atoms with Gasteiger partial charge in [0.15, 0.2) is 0 Å². The first-order valence-electron chi connectivity index (χ1n) is 5.55. The number of hydrogen-bond acceptors (Lipinski definition) is 4. The number of ether oxygens (including phenoxy) is 2. The summed E-state index contributed by atoms with van der Waals surface area (Å²) in [6.07, 6.45) is 0. The van der Waals surface area contributed by atoms with E-state index in [1.807, 2.05) is 0 Å². The van der Waals surface area contributed by atoms with Crippen molar-refractivity contribution in [1.29, 1.82) is 0 Å². The summed E-state index contributed by atoms with van der Waals surface area (Å²) in [5.41, 5.74) is -0.578. The van der Waals surface area contributed by atoms with Gasteiger partial charge < -0.3 is 14.6 Å². The van der Waals surface area contributed by atoms with Crippen molar-refractivity contribution in [2.75, 3.05) is 26.4 Å². The molecule has 0 atom stereocenters. The van der Waals surface area contributed by atoms with Crippen LogP contribution in [0.3, 0.4) is 0 Å². The highest BCUT2D eigenvalue weighted by Gasteiger charge is 2.30. The molecule has 16 heavy (non-hydrogen) atoms. The highest BCUT2D eigenvalue weighted by Crippen LogP contribution is 2.20. The largest absolute Gasteiger partial charge is 0.463 e. The van der Waals surface area contributed by atoms with Gasteiger partial charge in [0.1, 0.15) is 6.61 Å². The Balaban J connectivity index is 3.99. The molecule has 0 radical (unpaired) electrons. The molecule has 1 N–H and O–H groups in total. The average molecular weight is 232 g/mol. The van der Waals surface area contributed by atoms with Crippen LogP contribution in [0.1, 0.15) is 34.6 Å². The Morgan fingerprint density at radius 2 is 1.69 bits per heavy atom. The first kappa shape index (κ1) is 15.4. The summed E-state index contributed by atoms with van der Waals surface area (Å²) in [6.45, 7) is 10.6. The zero-order chi connectivity index (χ0) is 12.8. The van der Waals surface area contributed by atoms with Gasteiger partial charge in [-0.1, -0.05) is 20.8 Å². The minimum atomic E-state index is -0.666. The van der Waals surface area contributed by atoms with E-state index in [0.29, 0.717) is 13.2 Å². The molecule has 0 aliphatic carbocycles. The summed E-state index contributed by atoms with van der Waals surface area (Å²) in [5, 5.41) is 8.56. The van der Waals surface area contributed by atoms with Crippen LogP contribution in [0.4, 0.5) is 0 Å². The van der Waals surface area contributed by atoms with Crippen molar-refractivity contribution in [2.24, 2.45) is 10.8 Å². The van der Waals surface area contributed by atoms with Crippen LogP contribution in [-0.4, -0.2) is 37.5 Å². The fraction of sp³-hybridized carbons (Fsp3) is 0.917. The van der Waals surface area contributed by atoms with E-state index in [1.165, 1.54) is 0 Å². The Labute approximate surface area is 97.9 Å². The smallest absolute Gasteiger partial charge is 0.313 e. The van der Waals surface area contributed by atoms with Crippen molar-refractivity contribution in [3.63, 3.8) is 0 Å². The highest BCUT2D eigenvalue weighted by molar-refractivity contribution is 5.76. The van der Waals surface area contributed by atoms with Crippen LogP contribution in [0.15, 0.2) is 0 Å². The number of esters is 1. The molecule has 0 unspecified atom stereocenters. The van der Waals surface area contributed by atoms with Crippen LogP contribution < -0.4 is 0 Å². The molecule has 96 valence electrons. The molecule has 4 nitrogen and oxygen atoms in total. The van der Waals surface area contributed by atoms with E-state index in [1.54, 1.807) is 13.8 Å². The molecule has 0 aliphatic heterocycles. The molecular weight excluding hydrogens is 208 g/mol. The summed E-state index contributed by atoms with van der Waals surface area (Å²) in [5.74, 6) is -0.338. The highest BCUT2D eigenvalue weighted by atomic mass is 16.5. The van der Waals surface area contributed by atoms with Crippen LogP contribution in [-0.2, 0) is 14.3 Å². The summed E-state index contributed by atoms with van der Waals surface area (Å²) < 4.78 is 10.4. The summed E-state index contributed by atoms with van der Waals surface area (Å²) >= 11 is 0. The molecule has 0 fully saturated rings. The monoisotopic (exact) mass is 232 g/mol. The van der Waals surface area contributed by atoms with E-state index in [0.717, 1.165) is 0 Å². The number of carbonyl (C=O) groups excluding carboxylic acids is 1. The summed E-state index contributed by atoms with van der Waals surface area (Å²) in [7, 11) is 0. The average Bonchev–Trinajstić information content (AvgIpc) is 2.11. The van der Waals surface area contributed by atoms with Crippen molar-refractivity contribution in [1.82, 2.24) is 0 Å². The quantitative estimate of drug-likeness (QED) is 0.707. The predicted octanol–water partition coefficient (Wildman–Crippen LogP) is 1.61. The predicted molar refractivity (Wildman–Crippen MR) is 62.1 cm³/mol. The van der Waals surface area contributed by atoms with Gasteiger partial charge >= 0.3 is 5.97 Å². The molecule has 0 rings (SSSR count). The second kappa shape index (κ2) is 6.21. The van der Waals surface area contributed by atoms with Gasteiger partial charge in [-0.2, -0.15) is 0 Å². The molecule has 0 amide bonds. The van der Waals surface area contributed by atoms with Crippen molar-refractivity contribution >= 4 is 5.97 Å². The van der Waals surface area contributed by atoms with Gasteiger partial charge in [0.2, 0.25) is 0 Å². The zero-order valence-corrected chi connectivity index (χ0v) is 11.0. The van der Waals surface area contributed by atoms with Gasteiger partial charge in [0, 0.05) is 0 Å².